The second kappa shape index (κ2) is 6.11. The summed E-state index contributed by atoms with van der Waals surface area (Å²) in [4.78, 5) is 0. The first kappa shape index (κ1) is 14.6. The number of rotatable bonds is 4. The highest BCUT2D eigenvalue weighted by atomic mass is 79.9. The highest BCUT2D eigenvalue weighted by Gasteiger charge is 2.21. The summed E-state index contributed by atoms with van der Waals surface area (Å²) in [6, 6.07) is 6.05. The first-order chi connectivity index (χ1) is 9.08. The molecule has 5 heteroatoms. The topological polar surface area (TPSA) is 34.4 Å². The van der Waals surface area contributed by atoms with Gasteiger partial charge < -0.3 is 14.5 Å². The van der Waals surface area contributed by atoms with Crippen LogP contribution >= 0.6 is 31.9 Å². The molecule has 0 aliphatic rings. The number of hydrogen-bond acceptors (Lipinski definition) is 3. The largest absolute Gasteiger partial charge is 0.496 e. The van der Waals surface area contributed by atoms with Crippen LogP contribution in [0.15, 0.2) is 38.0 Å². The minimum Gasteiger partial charge on any atom is -0.496 e. The molecule has 1 unspecified atom stereocenters. The van der Waals surface area contributed by atoms with Gasteiger partial charge in [-0.15, -0.1) is 0 Å². The van der Waals surface area contributed by atoms with E-state index in [1.807, 2.05) is 26.1 Å². The van der Waals surface area contributed by atoms with Crippen LogP contribution in [0.25, 0.3) is 0 Å². The third-order valence-electron chi connectivity index (χ3n) is 3.07. The van der Waals surface area contributed by atoms with E-state index in [2.05, 4.69) is 43.2 Å². The molecule has 1 aromatic carbocycles. The lowest BCUT2D eigenvalue weighted by Gasteiger charge is -2.20. The molecule has 0 bridgehead atoms. The molecule has 1 aromatic heterocycles. The van der Waals surface area contributed by atoms with E-state index in [1.54, 1.807) is 13.4 Å². The molecule has 0 radical (unpaired) electrons. The van der Waals surface area contributed by atoms with Crippen LogP contribution in [0.5, 0.6) is 5.75 Å². The summed E-state index contributed by atoms with van der Waals surface area (Å²) in [5.74, 6) is 0.855. The Kier molecular flexibility index (Phi) is 4.71. The minimum absolute atomic E-state index is 0.0000231. The van der Waals surface area contributed by atoms with Gasteiger partial charge in [-0.3, -0.25) is 0 Å². The average molecular weight is 389 g/mol. The monoisotopic (exact) mass is 387 g/mol. The van der Waals surface area contributed by atoms with Gasteiger partial charge in [0.2, 0.25) is 0 Å². The second-order valence-electron chi connectivity index (χ2n) is 4.21. The van der Waals surface area contributed by atoms with Gasteiger partial charge in [0.25, 0.3) is 0 Å². The first-order valence-electron chi connectivity index (χ1n) is 5.82. The maximum absolute atomic E-state index is 5.50. The van der Waals surface area contributed by atoms with Gasteiger partial charge >= 0.3 is 0 Å². The number of hydrogen-bond donors (Lipinski definition) is 1. The lowest BCUT2D eigenvalue weighted by molar-refractivity contribution is 0.404. The zero-order valence-corrected chi connectivity index (χ0v) is 14.1. The summed E-state index contributed by atoms with van der Waals surface area (Å²) >= 11 is 7.00. The van der Waals surface area contributed by atoms with Crippen LogP contribution in [0.3, 0.4) is 0 Å². The third kappa shape index (κ3) is 2.88. The van der Waals surface area contributed by atoms with Crippen molar-refractivity contribution in [3.8, 4) is 5.75 Å². The Hall–Kier alpha value is -0.780. The highest BCUT2D eigenvalue weighted by molar-refractivity contribution is 9.10. The summed E-state index contributed by atoms with van der Waals surface area (Å²) in [6.07, 6.45) is 1.67. The molecule has 1 atom stereocenters. The van der Waals surface area contributed by atoms with Gasteiger partial charge in [-0.05, 0) is 53.7 Å². The van der Waals surface area contributed by atoms with Crippen molar-refractivity contribution in [3.63, 3.8) is 0 Å². The Morgan fingerprint density at radius 2 is 2.00 bits per heavy atom. The zero-order chi connectivity index (χ0) is 14.0. The minimum atomic E-state index is -0.0000231. The van der Waals surface area contributed by atoms with E-state index in [0.29, 0.717) is 0 Å². The maximum atomic E-state index is 5.50. The zero-order valence-electron chi connectivity index (χ0n) is 11.0. The number of benzene rings is 1. The SMILES string of the molecule is CNC(c1cc(Br)c(C)cc1OC)c1ccoc1Br. The summed E-state index contributed by atoms with van der Waals surface area (Å²) in [5, 5.41) is 3.29. The van der Waals surface area contributed by atoms with Crippen molar-refractivity contribution in [1.29, 1.82) is 0 Å². The highest BCUT2D eigenvalue weighted by Crippen LogP contribution is 2.36. The number of ether oxygens (including phenoxy) is 1. The van der Waals surface area contributed by atoms with Gasteiger partial charge in [0.1, 0.15) is 5.75 Å². The molecule has 0 aliphatic heterocycles. The summed E-state index contributed by atoms with van der Waals surface area (Å²) < 4.78 is 12.6. The number of methoxy groups -OCH3 is 1. The standard InChI is InChI=1S/C14H15Br2NO2/c1-8-6-12(18-3)10(7-11(8)15)13(17-2)9-4-5-19-14(9)16/h4-7,13,17H,1-3H3. The van der Waals surface area contributed by atoms with E-state index in [4.69, 9.17) is 9.15 Å². The van der Waals surface area contributed by atoms with Crippen LogP contribution in [0, 0.1) is 6.92 Å². The van der Waals surface area contributed by atoms with E-state index in [-0.39, 0.29) is 6.04 Å². The summed E-state index contributed by atoms with van der Waals surface area (Å²) in [7, 11) is 3.60. The lowest BCUT2D eigenvalue weighted by Crippen LogP contribution is -2.18. The van der Waals surface area contributed by atoms with Gasteiger partial charge in [-0.2, -0.15) is 0 Å². The van der Waals surface area contributed by atoms with Crippen molar-refractivity contribution in [2.75, 3.05) is 14.2 Å². The van der Waals surface area contributed by atoms with Gasteiger partial charge in [0.15, 0.2) is 4.67 Å². The fourth-order valence-corrected chi connectivity index (χ4v) is 2.89. The molecule has 0 amide bonds. The van der Waals surface area contributed by atoms with E-state index in [9.17, 15) is 0 Å². The molecular weight excluding hydrogens is 374 g/mol. The molecule has 3 nitrogen and oxygen atoms in total. The van der Waals surface area contributed by atoms with Crippen molar-refractivity contribution in [2.24, 2.45) is 0 Å². The predicted octanol–water partition coefficient (Wildman–Crippen LogP) is 4.43. The van der Waals surface area contributed by atoms with E-state index >= 15 is 0 Å². The molecular formula is C14H15Br2NO2. The number of furan rings is 1. The molecule has 2 rings (SSSR count). The van der Waals surface area contributed by atoms with Gasteiger partial charge in [-0.25, -0.2) is 0 Å². The average Bonchev–Trinajstić information content (AvgIpc) is 2.81. The molecule has 0 spiro atoms. The van der Waals surface area contributed by atoms with Gasteiger partial charge in [-0.1, -0.05) is 15.9 Å². The second-order valence-corrected chi connectivity index (χ2v) is 5.79. The van der Waals surface area contributed by atoms with E-state index < -0.39 is 0 Å². The molecule has 1 N–H and O–H groups in total. The van der Waals surface area contributed by atoms with Crippen LogP contribution in [0.1, 0.15) is 22.7 Å². The molecule has 0 fully saturated rings. The quantitative estimate of drug-likeness (QED) is 0.841. The Morgan fingerprint density at radius 3 is 2.53 bits per heavy atom. The smallest absolute Gasteiger partial charge is 0.174 e. The van der Waals surface area contributed by atoms with Crippen molar-refractivity contribution in [1.82, 2.24) is 5.32 Å². The van der Waals surface area contributed by atoms with Crippen molar-refractivity contribution in [3.05, 3.63) is 50.3 Å². The van der Waals surface area contributed by atoms with E-state index in [0.717, 1.165) is 31.6 Å². The van der Waals surface area contributed by atoms with Gasteiger partial charge in [0.05, 0.1) is 19.4 Å². The molecule has 0 aliphatic carbocycles. The number of aryl methyl sites for hydroxylation is 1. The molecule has 19 heavy (non-hydrogen) atoms. The summed E-state index contributed by atoms with van der Waals surface area (Å²) in [6.45, 7) is 2.04. The van der Waals surface area contributed by atoms with Gasteiger partial charge in [0, 0.05) is 15.6 Å². The molecule has 102 valence electrons. The van der Waals surface area contributed by atoms with Crippen molar-refractivity contribution in [2.45, 2.75) is 13.0 Å². The van der Waals surface area contributed by atoms with Crippen LogP contribution in [-0.2, 0) is 0 Å². The third-order valence-corrected chi connectivity index (χ3v) is 4.57. The fourth-order valence-electron chi connectivity index (χ4n) is 2.06. The van der Waals surface area contributed by atoms with Crippen LogP contribution in [-0.4, -0.2) is 14.2 Å². The van der Waals surface area contributed by atoms with Crippen LogP contribution in [0.4, 0.5) is 0 Å². The molecule has 1 heterocycles. The Labute approximate surface area is 129 Å². The molecule has 2 aromatic rings. The lowest BCUT2D eigenvalue weighted by atomic mass is 9.99. The normalized spacial score (nSPS) is 12.5. The maximum Gasteiger partial charge on any atom is 0.174 e. The van der Waals surface area contributed by atoms with Crippen LogP contribution < -0.4 is 10.1 Å². The Morgan fingerprint density at radius 1 is 1.26 bits per heavy atom. The molecule has 0 saturated carbocycles. The van der Waals surface area contributed by atoms with Crippen LogP contribution in [0.2, 0.25) is 0 Å². The van der Waals surface area contributed by atoms with Crippen molar-refractivity contribution >= 4 is 31.9 Å². The summed E-state index contributed by atoms with van der Waals surface area (Å²) in [5.41, 5.74) is 3.24. The van der Waals surface area contributed by atoms with E-state index in [1.165, 1.54) is 0 Å². The Balaban J connectivity index is 2.55. The number of nitrogens with one attached hydrogen (secondary N) is 1. The number of halogens is 2. The first-order valence-corrected chi connectivity index (χ1v) is 7.41. The molecule has 0 saturated heterocycles. The predicted molar refractivity (Wildman–Crippen MR) is 82.7 cm³/mol. The van der Waals surface area contributed by atoms with Crippen molar-refractivity contribution < 1.29 is 9.15 Å². The fraction of sp³-hybridized carbons (Fsp3) is 0.286. The Bertz CT molecular complexity index is 581.